The molecule has 0 spiro atoms. The summed E-state index contributed by atoms with van der Waals surface area (Å²) in [5, 5.41) is 10.2. The van der Waals surface area contributed by atoms with Gasteiger partial charge in [-0.05, 0) is 29.3 Å². The molecule has 2 aliphatic rings. The van der Waals surface area contributed by atoms with E-state index in [1.807, 2.05) is 11.3 Å². The van der Waals surface area contributed by atoms with Crippen molar-refractivity contribution >= 4 is 75.9 Å². The van der Waals surface area contributed by atoms with Gasteiger partial charge in [-0.3, -0.25) is 4.40 Å². The number of aliphatic imine (C=N–C) groups is 1. The van der Waals surface area contributed by atoms with Crippen LogP contribution >= 0.6 is 11.3 Å². The number of allylic oxidation sites excluding steroid dienone is 2. The van der Waals surface area contributed by atoms with E-state index in [0.29, 0.717) is 0 Å². The van der Waals surface area contributed by atoms with E-state index in [0.717, 1.165) is 17.2 Å². The molecule has 1 N–H and O–H groups in total. The smallest absolute Gasteiger partial charge is 0.162 e. The Morgan fingerprint density at radius 1 is 0.722 bits per heavy atom. The third-order valence-corrected chi connectivity index (χ3v) is 8.93. The molecular formula is C32H19N3S. The first kappa shape index (κ1) is 18.9. The van der Waals surface area contributed by atoms with Crippen molar-refractivity contribution in [3.63, 3.8) is 0 Å². The van der Waals surface area contributed by atoms with E-state index < -0.39 is 0 Å². The first-order valence-electron chi connectivity index (χ1n) is 12.3. The molecule has 4 aromatic carbocycles. The minimum absolute atomic E-state index is 0.126. The second kappa shape index (κ2) is 6.62. The fraction of sp³-hybridized carbons (Fsp3) is 0.0312. The Balaban J connectivity index is 1.42. The van der Waals surface area contributed by atoms with Crippen molar-refractivity contribution in [2.75, 3.05) is 5.32 Å². The summed E-state index contributed by atoms with van der Waals surface area (Å²) in [4.78, 5) is 5.21. The average molecular weight is 478 g/mol. The highest BCUT2D eigenvalue weighted by Crippen LogP contribution is 2.49. The Morgan fingerprint density at radius 2 is 1.58 bits per heavy atom. The lowest BCUT2D eigenvalue weighted by Gasteiger charge is -2.23. The third kappa shape index (κ3) is 2.30. The van der Waals surface area contributed by atoms with E-state index in [9.17, 15) is 0 Å². The summed E-state index contributed by atoms with van der Waals surface area (Å²) in [6, 6.07) is 28.9. The fourth-order valence-corrected chi connectivity index (χ4v) is 7.34. The predicted octanol–water partition coefficient (Wildman–Crippen LogP) is 8.71. The molecular weight excluding hydrogens is 458 g/mol. The van der Waals surface area contributed by atoms with E-state index in [1.54, 1.807) is 0 Å². The maximum absolute atomic E-state index is 5.21. The topological polar surface area (TPSA) is 28.8 Å². The van der Waals surface area contributed by atoms with Crippen LogP contribution in [0, 0.1) is 0 Å². The van der Waals surface area contributed by atoms with Gasteiger partial charge in [0.05, 0.1) is 33.2 Å². The van der Waals surface area contributed by atoms with Crippen molar-refractivity contribution in [2.24, 2.45) is 4.99 Å². The molecule has 1 atom stereocenters. The summed E-state index contributed by atoms with van der Waals surface area (Å²) in [5.41, 5.74) is 7.23. The summed E-state index contributed by atoms with van der Waals surface area (Å²) in [6.45, 7) is 0. The number of thiophene rings is 1. The lowest BCUT2D eigenvalue weighted by molar-refractivity contribution is 1.11. The molecule has 0 bridgehead atoms. The Morgan fingerprint density at radius 3 is 2.53 bits per heavy atom. The van der Waals surface area contributed by atoms with Gasteiger partial charge in [-0.2, -0.15) is 0 Å². The number of hydrogen-bond acceptors (Lipinski definition) is 3. The zero-order valence-electron chi connectivity index (χ0n) is 19.2. The molecule has 4 heteroatoms. The highest BCUT2D eigenvalue weighted by Gasteiger charge is 2.29. The maximum Gasteiger partial charge on any atom is 0.162 e. The van der Waals surface area contributed by atoms with Gasteiger partial charge in [-0.25, -0.2) is 4.99 Å². The van der Waals surface area contributed by atoms with Gasteiger partial charge in [-0.15, -0.1) is 11.3 Å². The third-order valence-electron chi connectivity index (χ3n) is 7.73. The van der Waals surface area contributed by atoms with Crippen LogP contribution in [-0.4, -0.2) is 16.2 Å². The molecule has 0 saturated heterocycles. The van der Waals surface area contributed by atoms with Crippen LogP contribution in [0.5, 0.6) is 0 Å². The number of anilines is 1. The Labute approximate surface area is 210 Å². The SMILES string of the molecule is C1=CC2=Nc3c(c4cccc5c6ccc7c8cc(-c9ccccc9)ccc8sc7c6n3c45)NC2C=C1. The van der Waals surface area contributed by atoms with Crippen LogP contribution in [0.4, 0.5) is 11.5 Å². The first-order chi connectivity index (χ1) is 17.8. The number of nitrogens with one attached hydrogen (secondary N) is 1. The van der Waals surface area contributed by atoms with E-state index in [1.165, 1.54) is 58.5 Å². The molecule has 4 heterocycles. The largest absolute Gasteiger partial charge is 0.370 e. The highest BCUT2D eigenvalue weighted by molar-refractivity contribution is 7.26. The summed E-state index contributed by atoms with van der Waals surface area (Å²) in [5.74, 6) is 1.01. The van der Waals surface area contributed by atoms with Crippen molar-refractivity contribution < 1.29 is 0 Å². The average Bonchev–Trinajstić information content (AvgIpc) is 3.58. The fourth-order valence-electron chi connectivity index (χ4n) is 6.12. The molecule has 1 aliphatic heterocycles. The molecule has 3 nitrogen and oxygen atoms in total. The van der Waals surface area contributed by atoms with Gasteiger partial charge in [0.25, 0.3) is 0 Å². The Bertz CT molecular complexity index is 2120. The highest BCUT2D eigenvalue weighted by atomic mass is 32.1. The van der Waals surface area contributed by atoms with Gasteiger partial charge in [0.15, 0.2) is 5.82 Å². The molecule has 36 heavy (non-hydrogen) atoms. The summed E-state index contributed by atoms with van der Waals surface area (Å²) >= 11 is 1.89. The molecule has 1 aliphatic carbocycles. The lowest BCUT2D eigenvalue weighted by Crippen LogP contribution is -2.29. The van der Waals surface area contributed by atoms with Crippen LogP contribution in [0.2, 0.25) is 0 Å². The molecule has 0 saturated carbocycles. The van der Waals surface area contributed by atoms with Crippen molar-refractivity contribution in [1.29, 1.82) is 0 Å². The van der Waals surface area contributed by atoms with Gasteiger partial charge in [-0.1, -0.05) is 85.0 Å². The maximum atomic E-state index is 5.21. The number of para-hydroxylation sites is 1. The van der Waals surface area contributed by atoms with Gasteiger partial charge >= 0.3 is 0 Å². The standard InChI is InChI=1S/C32H19N3S/c1-2-7-18(8-3-1)19-13-16-27-24(17-19)22-15-14-21-20-9-6-10-23-28-32(34-26-12-5-4-11-25(26)33-28)35(29(20)23)30(21)31(22)36-27/h1-17,25,33H. The minimum atomic E-state index is 0.126. The molecule has 0 amide bonds. The summed E-state index contributed by atoms with van der Waals surface area (Å²) < 4.78 is 5.05. The van der Waals surface area contributed by atoms with Gasteiger partial charge in [0, 0.05) is 31.6 Å². The van der Waals surface area contributed by atoms with Crippen LogP contribution < -0.4 is 5.32 Å². The van der Waals surface area contributed by atoms with Crippen molar-refractivity contribution in [2.45, 2.75) is 6.04 Å². The van der Waals surface area contributed by atoms with E-state index >= 15 is 0 Å². The molecule has 9 rings (SSSR count). The zero-order valence-corrected chi connectivity index (χ0v) is 20.0. The van der Waals surface area contributed by atoms with Crippen molar-refractivity contribution in [3.05, 3.63) is 103 Å². The minimum Gasteiger partial charge on any atom is -0.370 e. The second-order valence-electron chi connectivity index (χ2n) is 9.66. The Hall–Kier alpha value is -4.41. The van der Waals surface area contributed by atoms with Gasteiger partial charge in [0.1, 0.15) is 0 Å². The molecule has 1 unspecified atom stereocenters. The first-order valence-corrected chi connectivity index (χ1v) is 13.1. The predicted molar refractivity (Wildman–Crippen MR) is 155 cm³/mol. The number of hydrogen-bond donors (Lipinski definition) is 1. The van der Waals surface area contributed by atoms with Crippen LogP contribution in [0.15, 0.2) is 108 Å². The number of fused-ring (bicyclic) bond motifs is 11. The van der Waals surface area contributed by atoms with E-state index in [-0.39, 0.29) is 6.04 Å². The molecule has 0 radical (unpaired) electrons. The van der Waals surface area contributed by atoms with Crippen LogP contribution in [0.1, 0.15) is 0 Å². The molecule has 0 fully saturated rings. The van der Waals surface area contributed by atoms with Crippen molar-refractivity contribution in [1.82, 2.24) is 4.40 Å². The van der Waals surface area contributed by atoms with Crippen LogP contribution in [-0.2, 0) is 0 Å². The van der Waals surface area contributed by atoms with Crippen molar-refractivity contribution in [3.8, 4) is 11.1 Å². The molecule has 3 aromatic heterocycles. The van der Waals surface area contributed by atoms with Crippen LogP contribution in [0.3, 0.4) is 0 Å². The van der Waals surface area contributed by atoms with Crippen LogP contribution in [0.25, 0.3) is 58.5 Å². The van der Waals surface area contributed by atoms with Gasteiger partial charge < -0.3 is 5.32 Å². The lowest BCUT2D eigenvalue weighted by atomic mass is 10.0. The molecule has 168 valence electrons. The molecule has 7 aromatic rings. The summed E-state index contributed by atoms with van der Waals surface area (Å²) in [7, 11) is 0. The zero-order chi connectivity index (χ0) is 23.4. The number of rotatable bonds is 1. The second-order valence-corrected chi connectivity index (χ2v) is 10.7. The normalized spacial score (nSPS) is 16.8. The number of nitrogens with zero attached hydrogens (tertiary/aromatic N) is 2. The van der Waals surface area contributed by atoms with E-state index in [4.69, 9.17) is 4.99 Å². The van der Waals surface area contributed by atoms with E-state index in [2.05, 4.69) is 113 Å². The number of aromatic nitrogens is 1. The Kier molecular flexibility index (Phi) is 3.47. The summed E-state index contributed by atoms with van der Waals surface area (Å²) in [6.07, 6.45) is 8.47. The van der Waals surface area contributed by atoms with Gasteiger partial charge in [0.2, 0.25) is 0 Å². The monoisotopic (exact) mass is 477 g/mol. The number of benzene rings is 4. The quantitative estimate of drug-likeness (QED) is 0.252.